The van der Waals surface area contributed by atoms with Crippen LogP contribution in [0.4, 0.5) is 0 Å². The molecular weight excluding hydrogens is 592 g/mol. The number of amides is 2. The van der Waals surface area contributed by atoms with Crippen LogP contribution < -0.4 is 20.3 Å². The van der Waals surface area contributed by atoms with Crippen LogP contribution in [0, 0.1) is 13.8 Å². The molecule has 0 unspecified atom stereocenters. The van der Waals surface area contributed by atoms with Gasteiger partial charge < -0.3 is 9.47 Å². The molecule has 3 rings (SSSR count). The van der Waals surface area contributed by atoms with Crippen LogP contribution in [0.3, 0.4) is 0 Å². The van der Waals surface area contributed by atoms with Gasteiger partial charge >= 0.3 is 0 Å². The zero-order valence-electron chi connectivity index (χ0n) is 19.6. The quantitative estimate of drug-likeness (QED) is 0.251. The van der Waals surface area contributed by atoms with E-state index in [2.05, 4.69) is 52.9 Å². The molecule has 0 aliphatic heterocycles. The van der Waals surface area contributed by atoms with Crippen molar-refractivity contribution in [2.24, 2.45) is 10.2 Å². The highest BCUT2D eigenvalue weighted by atomic mass is 79.9. The van der Waals surface area contributed by atoms with Gasteiger partial charge in [-0.3, -0.25) is 9.59 Å². The fraction of sp³-hybridized carbons (Fsp3) is 0.154. The molecule has 0 aromatic heterocycles. The van der Waals surface area contributed by atoms with E-state index in [-0.39, 0.29) is 25.0 Å². The third-order valence-corrected chi connectivity index (χ3v) is 5.72. The van der Waals surface area contributed by atoms with Crippen molar-refractivity contribution in [2.45, 2.75) is 13.8 Å². The Hall–Kier alpha value is -3.50. The van der Waals surface area contributed by atoms with E-state index in [0.29, 0.717) is 11.5 Å². The normalized spacial score (nSPS) is 11.0. The summed E-state index contributed by atoms with van der Waals surface area (Å²) in [5.74, 6) is 0.538. The molecule has 0 saturated carbocycles. The molecule has 0 saturated heterocycles. The van der Waals surface area contributed by atoms with Crippen molar-refractivity contribution in [2.75, 3.05) is 13.2 Å². The smallest absolute Gasteiger partial charge is 0.277 e. The van der Waals surface area contributed by atoms with Gasteiger partial charge in [-0.25, -0.2) is 10.9 Å². The molecule has 0 aliphatic rings. The van der Waals surface area contributed by atoms with Crippen LogP contribution >= 0.6 is 31.9 Å². The summed E-state index contributed by atoms with van der Waals surface area (Å²) >= 11 is 6.78. The van der Waals surface area contributed by atoms with E-state index in [9.17, 15) is 9.59 Å². The number of ether oxygens (including phenoxy) is 2. The van der Waals surface area contributed by atoms with Gasteiger partial charge in [0.2, 0.25) is 0 Å². The van der Waals surface area contributed by atoms with Gasteiger partial charge in [-0.1, -0.05) is 56.1 Å². The Labute approximate surface area is 226 Å². The maximum Gasteiger partial charge on any atom is 0.277 e. The Kier molecular flexibility index (Phi) is 10.2. The lowest BCUT2D eigenvalue weighted by molar-refractivity contribution is -0.123. The minimum atomic E-state index is -0.368. The summed E-state index contributed by atoms with van der Waals surface area (Å²) in [6, 6.07) is 18.3. The molecule has 0 bridgehead atoms. The van der Waals surface area contributed by atoms with Gasteiger partial charge in [-0.2, -0.15) is 10.2 Å². The average molecular weight is 616 g/mol. The molecule has 2 N–H and O–H groups in total. The summed E-state index contributed by atoms with van der Waals surface area (Å²) in [7, 11) is 0. The second-order valence-electron chi connectivity index (χ2n) is 7.65. The first-order valence-electron chi connectivity index (χ1n) is 10.8. The molecule has 0 atom stereocenters. The van der Waals surface area contributed by atoms with Crippen LogP contribution in [0.2, 0.25) is 0 Å². The number of hydrogen-bond donors (Lipinski definition) is 2. The van der Waals surface area contributed by atoms with E-state index in [1.807, 2.05) is 38.1 Å². The maximum absolute atomic E-state index is 11.9. The molecular formula is C26H24Br2N4O4. The first kappa shape index (κ1) is 27.1. The molecule has 8 nitrogen and oxygen atoms in total. The zero-order chi connectivity index (χ0) is 25.9. The van der Waals surface area contributed by atoms with Crippen LogP contribution in [0.15, 0.2) is 79.8 Å². The van der Waals surface area contributed by atoms with Crippen LogP contribution in [0.5, 0.6) is 11.5 Å². The molecule has 0 radical (unpaired) electrons. The first-order chi connectivity index (χ1) is 17.3. The van der Waals surface area contributed by atoms with Crippen molar-refractivity contribution in [3.05, 3.63) is 91.9 Å². The topological polar surface area (TPSA) is 101 Å². The Morgan fingerprint density at radius 1 is 0.722 bits per heavy atom. The Morgan fingerprint density at radius 3 is 1.47 bits per heavy atom. The third kappa shape index (κ3) is 8.94. The minimum Gasteiger partial charge on any atom is -0.483 e. The lowest BCUT2D eigenvalue weighted by Gasteiger charge is -2.08. The Morgan fingerprint density at radius 2 is 1.11 bits per heavy atom. The van der Waals surface area contributed by atoms with E-state index >= 15 is 0 Å². The van der Waals surface area contributed by atoms with Crippen LogP contribution in [0.1, 0.15) is 22.3 Å². The SMILES string of the molecule is Cc1cc(Br)ccc1OCC(=O)N/N=C/c1ccc(/C=N/NC(=O)COc2ccc(Br)cc2C)cc1. The standard InChI is InChI=1S/C26H24Br2N4O4/c1-17-11-21(27)7-9-23(17)35-15-25(33)31-29-13-19-3-5-20(6-4-19)14-30-32-26(34)16-36-24-10-8-22(28)12-18(24)2/h3-14H,15-16H2,1-2H3,(H,31,33)(H,32,34)/b29-13+,30-14+. The van der Waals surface area contributed by atoms with Crippen LogP contribution in [0.25, 0.3) is 0 Å². The fourth-order valence-corrected chi connectivity index (χ4v) is 3.88. The minimum absolute atomic E-state index is 0.144. The second kappa shape index (κ2) is 13.6. The molecule has 0 spiro atoms. The lowest BCUT2D eigenvalue weighted by atomic mass is 10.2. The average Bonchev–Trinajstić information content (AvgIpc) is 2.84. The zero-order valence-corrected chi connectivity index (χ0v) is 22.8. The summed E-state index contributed by atoms with van der Waals surface area (Å²) in [5, 5.41) is 7.89. The van der Waals surface area contributed by atoms with Crippen molar-refractivity contribution >= 4 is 56.1 Å². The number of hydrazone groups is 2. The van der Waals surface area contributed by atoms with Gasteiger partial charge in [-0.15, -0.1) is 0 Å². The maximum atomic E-state index is 11.9. The summed E-state index contributed by atoms with van der Waals surface area (Å²) in [4.78, 5) is 23.9. The number of carbonyl (C=O) groups is 2. The third-order valence-electron chi connectivity index (χ3n) is 4.73. The van der Waals surface area contributed by atoms with Crippen LogP contribution in [-0.4, -0.2) is 37.5 Å². The molecule has 36 heavy (non-hydrogen) atoms. The van der Waals surface area contributed by atoms with Gasteiger partial charge in [0.25, 0.3) is 11.8 Å². The van der Waals surface area contributed by atoms with Crippen molar-refractivity contribution in [1.29, 1.82) is 0 Å². The monoisotopic (exact) mass is 614 g/mol. The van der Waals surface area contributed by atoms with Crippen LogP contribution in [-0.2, 0) is 9.59 Å². The van der Waals surface area contributed by atoms with E-state index in [0.717, 1.165) is 31.2 Å². The number of nitrogens with one attached hydrogen (secondary N) is 2. The lowest BCUT2D eigenvalue weighted by Crippen LogP contribution is -2.24. The van der Waals surface area contributed by atoms with Crippen molar-refractivity contribution in [1.82, 2.24) is 10.9 Å². The van der Waals surface area contributed by atoms with Gasteiger partial charge in [0.15, 0.2) is 13.2 Å². The summed E-state index contributed by atoms with van der Waals surface area (Å²) in [5.41, 5.74) is 8.27. The molecule has 186 valence electrons. The van der Waals surface area contributed by atoms with Crippen molar-refractivity contribution in [3.63, 3.8) is 0 Å². The number of carbonyl (C=O) groups excluding carboxylic acids is 2. The fourth-order valence-electron chi connectivity index (χ4n) is 2.93. The molecule has 0 fully saturated rings. The Bertz CT molecular complexity index is 1180. The predicted octanol–water partition coefficient (Wildman–Crippen LogP) is 4.89. The van der Waals surface area contributed by atoms with Gasteiger partial charge in [0.05, 0.1) is 12.4 Å². The first-order valence-corrected chi connectivity index (χ1v) is 12.4. The highest BCUT2D eigenvalue weighted by Crippen LogP contribution is 2.22. The van der Waals surface area contributed by atoms with Crippen molar-refractivity contribution < 1.29 is 19.1 Å². The van der Waals surface area contributed by atoms with E-state index < -0.39 is 0 Å². The molecule has 0 heterocycles. The number of nitrogens with zero attached hydrogens (tertiary/aromatic N) is 2. The van der Waals surface area contributed by atoms with E-state index in [1.165, 1.54) is 12.4 Å². The largest absolute Gasteiger partial charge is 0.483 e. The molecule has 2 amide bonds. The summed E-state index contributed by atoms with van der Waals surface area (Å²) in [6.45, 7) is 3.52. The number of rotatable bonds is 10. The highest BCUT2D eigenvalue weighted by molar-refractivity contribution is 9.10. The van der Waals surface area contributed by atoms with E-state index in [1.54, 1.807) is 36.4 Å². The molecule has 10 heteroatoms. The number of halogens is 2. The predicted molar refractivity (Wildman–Crippen MR) is 147 cm³/mol. The van der Waals surface area contributed by atoms with Gasteiger partial charge in [0.1, 0.15) is 11.5 Å². The molecule has 3 aromatic rings. The Balaban J connectivity index is 1.39. The van der Waals surface area contributed by atoms with Crippen molar-refractivity contribution in [3.8, 4) is 11.5 Å². The number of benzene rings is 3. The molecule has 3 aromatic carbocycles. The summed E-state index contributed by atoms with van der Waals surface area (Å²) < 4.78 is 12.9. The molecule has 0 aliphatic carbocycles. The van der Waals surface area contributed by atoms with Gasteiger partial charge in [0, 0.05) is 8.95 Å². The summed E-state index contributed by atoms with van der Waals surface area (Å²) in [6.07, 6.45) is 3.04. The van der Waals surface area contributed by atoms with E-state index in [4.69, 9.17) is 9.47 Å². The second-order valence-corrected chi connectivity index (χ2v) is 9.48. The number of hydrogen-bond acceptors (Lipinski definition) is 6. The van der Waals surface area contributed by atoms with Gasteiger partial charge in [-0.05, 0) is 72.5 Å². The number of aryl methyl sites for hydroxylation is 2. The highest BCUT2D eigenvalue weighted by Gasteiger charge is 2.05.